The Hall–Kier alpha value is -1.13. The molecule has 0 saturated carbocycles. The lowest BCUT2D eigenvalue weighted by Crippen LogP contribution is -2.16. The van der Waals surface area contributed by atoms with Crippen molar-refractivity contribution in [2.24, 2.45) is 0 Å². The zero-order valence-corrected chi connectivity index (χ0v) is 12.8. The van der Waals surface area contributed by atoms with Crippen LogP contribution in [-0.4, -0.2) is 6.09 Å². The summed E-state index contributed by atoms with van der Waals surface area (Å²) in [7, 11) is 0. The number of hydrogen-bond acceptors (Lipinski definition) is 2. The van der Waals surface area contributed by atoms with Crippen molar-refractivity contribution in [2.75, 3.05) is 5.32 Å². The van der Waals surface area contributed by atoms with E-state index in [4.69, 9.17) is 51.1 Å². The topological polar surface area (TPSA) is 38.3 Å². The summed E-state index contributed by atoms with van der Waals surface area (Å²) in [6.07, 6.45) is -0.701. The highest BCUT2D eigenvalue weighted by Gasteiger charge is 2.10. The minimum Gasteiger partial charge on any atom is -0.410 e. The van der Waals surface area contributed by atoms with Crippen LogP contribution in [0.25, 0.3) is 0 Å². The molecule has 0 unspecified atom stereocenters. The molecule has 104 valence electrons. The molecule has 0 atom stereocenters. The minimum atomic E-state index is -0.701. The normalized spacial score (nSPS) is 10.2. The number of anilines is 1. The van der Waals surface area contributed by atoms with Gasteiger partial charge in [-0.3, -0.25) is 5.32 Å². The average Bonchev–Trinajstić information content (AvgIpc) is 2.39. The Morgan fingerprint density at radius 3 is 2.15 bits per heavy atom. The number of rotatable bonds is 2. The summed E-state index contributed by atoms with van der Waals surface area (Å²) in [6.45, 7) is 0. The molecule has 0 aliphatic rings. The van der Waals surface area contributed by atoms with Gasteiger partial charge in [0, 0.05) is 5.02 Å². The van der Waals surface area contributed by atoms with Crippen LogP contribution >= 0.6 is 46.4 Å². The Morgan fingerprint density at radius 1 is 0.900 bits per heavy atom. The van der Waals surface area contributed by atoms with Gasteiger partial charge in [-0.1, -0.05) is 46.4 Å². The second kappa shape index (κ2) is 6.55. The molecule has 3 nitrogen and oxygen atoms in total. The first kappa shape index (κ1) is 15.3. The number of hydrogen-bond donors (Lipinski definition) is 1. The minimum absolute atomic E-state index is 0.257. The smallest absolute Gasteiger partial charge is 0.410 e. The average molecular weight is 351 g/mol. The molecule has 1 N–H and O–H groups in total. The van der Waals surface area contributed by atoms with Gasteiger partial charge in [0.2, 0.25) is 0 Å². The van der Waals surface area contributed by atoms with E-state index < -0.39 is 6.09 Å². The van der Waals surface area contributed by atoms with Gasteiger partial charge in [0.1, 0.15) is 5.75 Å². The number of nitrogens with one attached hydrogen (secondary N) is 1. The van der Waals surface area contributed by atoms with Crippen LogP contribution in [0.1, 0.15) is 0 Å². The van der Waals surface area contributed by atoms with Crippen LogP contribution in [0.5, 0.6) is 5.75 Å². The third-order valence-corrected chi connectivity index (χ3v) is 3.56. The second-order valence-corrected chi connectivity index (χ2v) is 5.37. The molecule has 2 aromatic rings. The number of ether oxygens (including phenoxy) is 1. The van der Waals surface area contributed by atoms with Crippen molar-refractivity contribution in [1.82, 2.24) is 0 Å². The van der Waals surface area contributed by atoms with E-state index in [2.05, 4.69) is 5.32 Å². The molecule has 7 heteroatoms. The van der Waals surface area contributed by atoms with E-state index in [1.165, 1.54) is 12.1 Å². The van der Waals surface area contributed by atoms with E-state index in [1.54, 1.807) is 24.3 Å². The van der Waals surface area contributed by atoms with E-state index >= 15 is 0 Å². The largest absolute Gasteiger partial charge is 0.417 e. The quantitative estimate of drug-likeness (QED) is 0.683. The number of carbonyl (C=O) groups is 1. The summed E-state index contributed by atoms with van der Waals surface area (Å²) in [5.41, 5.74) is 0.306. The predicted octanol–water partition coefficient (Wildman–Crippen LogP) is 5.91. The molecule has 0 heterocycles. The zero-order chi connectivity index (χ0) is 14.7. The molecule has 1 amide bonds. The highest BCUT2D eigenvalue weighted by molar-refractivity contribution is 6.44. The molecular weight excluding hydrogens is 344 g/mol. The van der Waals surface area contributed by atoms with Crippen LogP contribution < -0.4 is 10.1 Å². The molecule has 2 aromatic carbocycles. The second-order valence-electron chi connectivity index (χ2n) is 3.71. The Morgan fingerprint density at radius 2 is 1.50 bits per heavy atom. The molecule has 0 aliphatic carbocycles. The van der Waals surface area contributed by atoms with Crippen LogP contribution in [0.4, 0.5) is 10.5 Å². The Kier molecular flexibility index (Phi) is 5.00. The summed E-state index contributed by atoms with van der Waals surface area (Å²) in [4.78, 5) is 11.7. The predicted molar refractivity (Wildman–Crippen MR) is 82.6 cm³/mol. The van der Waals surface area contributed by atoms with E-state index in [0.29, 0.717) is 21.5 Å². The number of benzene rings is 2. The van der Waals surface area contributed by atoms with E-state index in [1.807, 2.05) is 0 Å². The van der Waals surface area contributed by atoms with Crippen LogP contribution in [0.3, 0.4) is 0 Å². The monoisotopic (exact) mass is 349 g/mol. The van der Waals surface area contributed by atoms with Gasteiger partial charge in [-0.05, 0) is 36.4 Å². The van der Waals surface area contributed by atoms with Crippen molar-refractivity contribution >= 4 is 58.2 Å². The third-order valence-electron chi connectivity index (χ3n) is 2.27. The summed E-state index contributed by atoms with van der Waals surface area (Å²) in [6, 6.07) is 9.22. The molecule has 0 fully saturated rings. The number of amides is 1. The highest BCUT2D eigenvalue weighted by atomic mass is 35.5. The standard InChI is InChI=1S/C13H7Cl4NO2/c14-7-1-3-8(4-2-7)20-13(19)18-12-6-10(16)9(15)5-11(12)17/h1-6H,(H,18,19). The van der Waals surface area contributed by atoms with Crippen molar-refractivity contribution in [2.45, 2.75) is 0 Å². The highest BCUT2D eigenvalue weighted by Crippen LogP contribution is 2.32. The number of carbonyl (C=O) groups excluding carboxylic acids is 1. The molecule has 0 saturated heterocycles. The maximum absolute atomic E-state index is 11.7. The zero-order valence-electron chi connectivity index (χ0n) is 9.79. The van der Waals surface area contributed by atoms with Crippen LogP contribution in [0, 0.1) is 0 Å². The maximum Gasteiger partial charge on any atom is 0.417 e. The van der Waals surface area contributed by atoms with Gasteiger partial charge in [-0.2, -0.15) is 0 Å². The SMILES string of the molecule is O=C(Nc1cc(Cl)c(Cl)cc1Cl)Oc1ccc(Cl)cc1. The fraction of sp³-hybridized carbons (Fsp3) is 0. The molecule has 2 rings (SSSR count). The van der Waals surface area contributed by atoms with E-state index in [0.717, 1.165) is 0 Å². The van der Waals surface area contributed by atoms with E-state index in [9.17, 15) is 4.79 Å². The summed E-state index contributed by atoms with van der Waals surface area (Å²) < 4.78 is 5.06. The lowest BCUT2D eigenvalue weighted by atomic mass is 10.3. The van der Waals surface area contributed by atoms with Gasteiger partial charge in [0.15, 0.2) is 0 Å². The lowest BCUT2D eigenvalue weighted by Gasteiger charge is -2.09. The van der Waals surface area contributed by atoms with Gasteiger partial charge in [-0.15, -0.1) is 0 Å². The van der Waals surface area contributed by atoms with Crippen molar-refractivity contribution < 1.29 is 9.53 Å². The van der Waals surface area contributed by atoms with Crippen molar-refractivity contribution in [1.29, 1.82) is 0 Å². The first-order chi connectivity index (χ1) is 9.45. The van der Waals surface area contributed by atoms with Gasteiger partial charge >= 0.3 is 6.09 Å². The summed E-state index contributed by atoms with van der Waals surface area (Å²) in [5, 5.41) is 3.85. The van der Waals surface area contributed by atoms with Crippen molar-refractivity contribution in [3.05, 3.63) is 56.5 Å². The van der Waals surface area contributed by atoms with Gasteiger partial charge < -0.3 is 4.74 Å². The van der Waals surface area contributed by atoms with E-state index in [-0.39, 0.29) is 10.0 Å². The lowest BCUT2D eigenvalue weighted by molar-refractivity contribution is 0.215. The molecule has 0 radical (unpaired) electrons. The van der Waals surface area contributed by atoms with Crippen LogP contribution in [0.2, 0.25) is 20.1 Å². The molecule has 0 bridgehead atoms. The Balaban J connectivity index is 2.08. The molecule has 0 spiro atoms. The fourth-order valence-corrected chi connectivity index (χ4v) is 2.08. The summed E-state index contributed by atoms with van der Waals surface area (Å²) >= 11 is 23.3. The van der Waals surface area contributed by atoms with Crippen molar-refractivity contribution in [3.63, 3.8) is 0 Å². The number of halogens is 4. The van der Waals surface area contributed by atoms with Crippen LogP contribution in [0.15, 0.2) is 36.4 Å². The molecule has 0 aliphatic heterocycles. The maximum atomic E-state index is 11.7. The van der Waals surface area contributed by atoms with Crippen molar-refractivity contribution in [3.8, 4) is 5.75 Å². The molecule has 0 aromatic heterocycles. The Labute approximate surface area is 135 Å². The first-order valence-electron chi connectivity index (χ1n) is 5.34. The summed E-state index contributed by atoms with van der Waals surface area (Å²) in [5.74, 6) is 0.350. The van der Waals surface area contributed by atoms with Gasteiger partial charge in [0.05, 0.1) is 20.8 Å². The van der Waals surface area contributed by atoms with Crippen LogP contribution in [-0.2, 0) is 0 Å². The van der Waals surface area contributed by atoms with Gasteiger partial charge in [-0.25, -0.2) is 4.79 Å². The fourth-order valence-electron chi connectivity index (χ4n) is 1.36. The molecule has 20 heavy (non-hydrogen) atoms. The third kappa shape index (κ3) is 3.93. The Bertz CT molecular complexity index is 644. The molecular formula is C13H7Cl4NO2. The van der Waals surface area contributed by atoms with Gasteiger partial charge in [0.25, 0.3) is 0 Å². The first-order valence-corrected chi connectivity index (χ1v) is 6.86.